The van der Waals surface area contributed by atoms with E-state index in [1.807, 2.05) is 31.2 Å². The molecule has 5 nitrogen and oxygen atoms in total. The zero-order valence-electron chi connectivity index (χ0n) is 16.4. The number of halogens is 1. The van der Waals surface area contributed by atoms with Crippen LogP contribution < -0.4 is 14.8 Å². The molecule has 2 aromatic rings. The maximum Gasteiger partial charge on any atom is 0.265 e. The largest absolute Gasteiger partial charge is 0.490 e. The van der Waals surface area contributed by atoms with Gasteiger partial charge in [-0.15, -0.1) is 0 Å². The van der Waals surface area contributed by atoms with Gasteiger partial charge in [-0.25, -0.2) is 4.39 Å². The Morgan fingerprint density at radius 1 is 1.11 bits per heavy atom. The molecule has 0 saturated carbocycles. The number of carbonyl (C=O) groups excluding carboxylic acids is 1. The van der Waals surface area contributed by atoms with Gasteiger partial charge < -0.3 is 19.7 Å². The Morgan fingerprint density at radius 2 is 1.71 bits per heavy atom. The molecule has 0 aromatic heterocycles. The lowest BCUT2D eigenvalue weighted by atomic mass is 10.1. The summed E-state index contributed by atoms with van der Waals surface area (Å²) in [4.78, 5) is 14.8. The van der Waals surface area contributed by atoms with E-state index in [4.69, 9.17) is 9.47 Å². The van der Waals surface area contributed by atoms with Crippen LogP contribution in [0.1, 0.15) is 26.2 Å². The lowest BCUT2D eigenvalue weighted by Crippen LogP contribution is -2.35. The van der Waals surface area contributed by atoms with Crippen LogP contribution in [0.2, 0.25) is 0 Å². The highest BCUT2D eigenvalue weighted by molar-refractivity contribution is 5.94. The third kappa shape index (κ3) is 5.70. The quantitative estimate of drug-likeness (QED) is 0.779. The Hall–Kier alpha value is -2.60. The van der Waals surface area contributed by atoms with Crippen molar-refractivity contribution in [3.8, 4) is 11.5 Å². The molecule has 0 radical (unpaired) electrons. The van der Waals surface area contributed by atoms with Crippen molar-refractivity contribution in [1.82, 2.24) is 4.90 Å². The summed E-state index contributed by atoms with van der Waals surface area (Å²) in [6.07, 6.45) is 2.13. The van der Waals surface area contributed by atoms with E-state index in [1.165, 1.54) is 24.3 Å². The van der Waals surface area contributed by atoms with Gasteiger partial charge in [0.25, 0.3) is 5.91 Å². The minimum Gasteiger partial charge on any atom is -0.490 e. The monoisotopic (exact) mass is 386 g/mol. The van der Waals surface area contributed by atoms with Gasteiger partial charge in [-0.3, -0.25) is 4.79 Å². The minimum absolute atomic E-state index is 0.240. The molecule has 1 atom stereocenters. The van der Waals surface area contributed by atoms with Crippen LogP contribution in [-0.2, 0) is 4.79 Å². The van der Waals surface area contributed by atoms with Crippen molar-refractivity contribution < 1.29 is 18.7 Å². The highest BCUT2D eigenvalue weighted by atomic mass is 19.1. The highest BCUT2D eigenvalue weighted by Crippen LogP contribution is 2.21. The van der Waals surface area contributed by atoms with Gasteiger partial charge in [0.15, 0.2) is 6.10 Å². The normalized spacial score (nSPS) is 16.4. The molecule has 0 bridgehead atoms. The first-order valence-corrected chi connectivity index (χ1v) is 9.72. The number of anilines is 1. The van der Waals surface area contributed by atoms with Crippen molar-refractivity contribution in [2.24, 2.45) is 0 Å². The molecule has 1 heterocycles. The molecule has 1 aliphatic rings. The van der Waals surface area contributed by atoms with Gasteiger partial charge in [0, 0.05) is 18.8 Å². The molecule has 2 aromatic carbocycles. The van der Waals surface area contributed by atoms with Gasteiger partial charge >= 0.3 is 0 Å². The van der Waals surface area contributed by atoms with E-state index in [9.17, 15) is 9.18 Å². The van der Waals surface area contributed by atoms with E-state index >= 15 is 0 Å². The van der Waals surface area contributed by atoms with E-state index in [0.29, 0.717) is 17.9 Å². The zero-order valence-corrected chi connectivity index (χ0v) is 16.4. The maximum atomic E-state index is 13.0. The molecule has 1 unspecified atom stereocenters. The van der Waals surface area contributed by atoms with Crippen molar-refractivity contribution in [2.45, 2.75) is 38.4 Å². The Morgan fingerprint density at radius 3 is 2.32 bits per heavy atom. The summed E-state index contributed by atoms with van der Waals surface area (Å²) in [6.45, 7) is 3.96. The predicted molar refractivity (Wildman–Crippen MR) is 107 cm³/mol. The number of likely N-dealkylation sites (tertiary alicyclic amines) is 1. The first-order valence-electron chi connectivity index (χ1n) is 9.72. The Labute approximate surface area is 165 Å². The number of ether oxygens (including phenoxy) is 2. The number of nitrogens with zero attached hydrogens (tertiary/aromatic N) is 1. The van der Waals surface area contributed by atoms with Crippen molar-refractivity contribution >= 4 is 11.6 Å². The molecular formula is C22H27FN2O3. The Kier molecular flexibility index (Phi) is 6.87. The number of amides is 1. The third-order valence-corrected chi connectivity index (χ3v) is 4.85. The highest BCUT2D eigenvalue weighted by Gasteiger charge is 2.20. The molecule has 1 N–H and O–H groups in total. The second kappa shape index (κ2) is 9.55. The number of nitrogens with one attached hydrogen (secondary N) is 1. The van der Waals surface area contributed by atoms with Crippen LogP contribution in [0, 0.1) is 5.82 Å². The van der Waals surface area contributed by atoms with Crippen molar-refractivity contribution in [1.29, 1.82) is 0 Å². The zero-order chi connectivity index (χ0) is 19.9. The van der Waals surface area contributed by atoms with Gasteiger partial charge in [0.1, 0.15) is 23.4 Å². The van der Waals surface area contributed by atoms with Crippen molar-refractivity contribution in [3.63, 3.8) is 0 Å². The number of hydrogen-bond acceptors (Lipinski definition) is 4. The molecular weight excluding hydrogens is 359 g/mol. The summed E-state index contributed by atoms with van der Waals surface area (Å²) >= 11 is 0. The summed E-state index contributed by atoms with van der Waals surface area (Å²) in [5.41, 5.74) is 0.682. The van der Waals surface area contributed by atoms with E-state index in [2.05, 4.69) is 17.3 Å². The van der Waals surface area contributed by atoms with Gasteiger partial charge in [-0.2, -0.15) is 0 Å². The SMILES string of the molecule is CCC(Oc1ccc(F)cc1)C(=O)Nc1ccc(OC2CCN(C)CC2)cc1. The smallest absolute Gasteiger partial charge is 0.265 e. The standard InChI is InChI=1S/C22H27FN2O3/c1-3-21(28-19-8-4-16(23)5-9-19)22(26)24-17-6-10-18(11-7-17)27-20-12-14-25(2)15-13-20/h4-11,20-21H,3,12-15H2,1-2H3,(H,24,26). The molecule has 3 rings (SSSR count). The van der Waals surface area contributed by atoms with Crippen LogP contribution in [0.3, 0.4) is 0 Å². The summed E-state index contributed by atoms with van der Waals surface area (Å²) < 4.78 is 24.7. The van der Waals surface area contributed by atoms with Crippen LogP contribution >= 0.6 is 0 Å². The van der Waals surface area contributed by atoms with E-state index < -0.39 is 6.10 Å². The molecule has 28 heavy (non-hydrogen) atoms. The fraction of sp³-hybridized carbons (Fsp3) is 0.409. The molecule has 6 heteroatoms. The summed E-state index contributed by atoms with van der Waals surface area (Å²) in [6, 6.07) is 13.0. The summed E-state index contributed by atoms with van der Waals surface area (Å²) in [5, 5.41) is 2.86. The topological polar surface area (TPSA) is 50.8 Å². The molecule has 0 spiro atoms. The molecule has 150 valence electrons. The average Bonchev–Trinajstić information content (AvgIpc) is 2.70. The van der Waals surface area contributed by atoms with Crippen molar-refractivity contribution in [3.05, 3.63) is 54.3 Å². The predicted octanol–water partition coefficient (Wildman–Crippen LogP) is 4.09. The molecule has 0 aliphatic carbocycles. The van der Waals surface area contributed by atoms with E-state index in [1.54, 1.807) is 0 Å². The van der Waals surface area contributed by atoms with Gasteiger partial charge in [-0.1, -0.05) is 6.92 Å². The molecule has 1 saturated heterocycles. The molecule has 1 fully saturated rings. The third-order valence-electron chi connectivity index (χ3n) is 4.85. The number of piperidine rings is 1. The second-order valence-electron chi connectivity index (χ2n) is 7.10. The first kappa shape index (κ1) is 20.1. The summed E-state index contributed by atoms with van der Waals surface area (Å²) in [7, 11) is 2.12. The first-order chi connectivity index (χ1) is 13.5. The Balaban J connectivity index is 1.53. The molecule has 1 amide bonds. The summed E-state index contributed by atoms with van der Waals surface area (Å²) in [5.74, 6) is 0.690. The number of hydrogen-bond donors (Lipinski definition) is 1. The number of benzene rings is 2. The van der Waals surface area contributed by atoms with Gasteiger partial charge in [-0.05, 0) is 74.8 Å². The van der Waals surface area contributed by atoms with E-state index in [-0.39, 0.29) is 17.8 Å². The lowest BCUT2D eigenvalue weighted by Gasteiger charge is -2.29. The lowest BCUT2D eigenvalue weighted by molar-refractivity contribution is -0.122. The fourth-order valence-corrected chi connectivity index (χ4v) is 3.13. The van der Waals surface area contributed by atoms with Gasteiger partial charge in [0.2, 0.25) is 0 Å². The van der Waals surface area contributed by atoms with Gasteiger partial charge in [0.05, 0.1) is 0 Å². The second-order valence-corrected chi connectivity index (χ2v) is 7.10. The average molecular weight is 386 g/mol. The fourth-order valence-electron chi connectivity index (χ4n) is 3.13. The maximum absolute atomic E-state index is 13.0. The Bertz CT molecular complexity index is 756. The number of carbonyl (C=O) groups is 1. The van der Waals surface area contributed by atoms with E-state index in [0.717, 1.165) is 31.7 Å². The number of rotatable bonds is 7. The van der Waals surface area contributed by atoms with Crippen LogP contribution in [0.25, 0.3) is 0 Å². The molecule has 1 aliphatic heterocycles. The van der Waals surface area contributed by atoms with Crippen LogP contribution in [0.4, 0.5) is 10.1 Å². The van der Waals surface area contributed by atoms with Crippen LogP contribution in [0.5, 0.6) is 11.5 Å². The minimum atomic E-state index is -0.652. The van der Waals surface area contributed by atoms with Crippen LogP contribution in [-0.4, -0.2) is 43.2 Å². The van der Waals surface area contributed by atoms with Crippen LogP contribution in [0.15, 0.2) is 48.5 Å². The van der Waals surface area contributed by atoms with Crippen molar-refractivity contribution in [2.75, 3.05) is 25.5 Å².